The number of phosphoric acid groups is 1. The highest BCUT2D eigenvalue weighted by Gasteiger charge is 2.28. The smallest absolute Gasteiger partial charge is 0.472 e. The van der Waals surface area contributed by atoms with Crippen molar-refractivity contribution < 1.29 is 47.5 Å². The molecule has 3 atom stereocenters. The Hall–Kier alpha value is -1.52. The Morgan fingerprint density at radius 1 is 0.529 bits per heavy atom. The molecule has 0 aliphatic heterocycles. The van der Waals surface area contributed by atoms with E-state index in [9.17, 15) is 23.8 Å². The minimum absolute atomic E-state index is 0.168. The quantitative estimate of drug-likeness (QED) is 0.0310. The second-order valence-electron chi connectivity index (χ2n) is 14.1. The molecule has 4 N–H and O–H groups in total. The normalized spacial score (nSPS) is 13.8. The van der Waals surface area contributed by atoms with E-state index in [0.29, 0.717) is 12.8 Å². The van der Waals surface area contributed by atoms with E-state index in [1.165, 1.54) is 122 Å². The molecule has 0 aromatic rings. The zero-order chi connectivity index (χ0) is 37.8. The van der Waals surface area contributed by atoms with E-state index < -0.39 is 51.1 Å². The Kier molecular flexibility index (Phi) is 34.4. The van der Waals surface area contributed by atoms with Gasteiger partial charge in [0.2, 0.25) is 0 Å². The van der Waals surface area contributed by atoms with Crippen LogP contribution in [0, 0.1) is 0 Å². The van der Waals surface area contributed by atoms with Crippen LogP contribution in [0.15, 0.2) is 0 Å². The predicted molar refractivity (Wildman–Crippen MR) is 203 cm³/mol. The van der Waals surface area contributed by atoms with E-state index in [0.717, 1.165) is 38.5 Å². The molecule has 0 aliphatic carbocycles. The number of rotatable bonds is 39. The lowest BCUT2D eigenvalue weighted by Gasteiger charge is -2.20. The first-order valence-electron chi connectivity index (χ1n) is 20.6. The first-order valence-corrected chi connectivity index (χ1v) is 22.1. The lowest BCUT2D eigenvalue weighted by Crippen LogP contribution is -2.34. The van der Waals surface area contributed by atoms with Gasteiger partial charge in [0.05, 0.1) is 13.2 Å². The Morgan fingerprint density at radius 2 is 0.863 bits per heavy atom. The van der Waals surface area contributed by atoms with Crippen LogP contribution < -0.4 is 5.73 Å². The maximum Gasteiger partial charge on any atom is 0.472 e. The Balaban J connectivity index is 4.29. The molecule has 12 heteroatoms. The van der Waals surface area contributed by atoms with Gasteiger partial charge in [-0.25, -0.2) is 4.57 Å². The Bertz CT molecular complexity index is 890. The van der Waals surface area contributed by atoms with Crippen molar-refractivity contribution in [3.63, 3.8) is 0 Å². The van der Waals surface area contributed by atoms with Gasteiger partial charge in [0.15, 0.2) is 6.10 Å². The molecule has 0 saturated heterocycles. The summed E-state index contributed by atoms with van der Waals surface area (Å²) in [4.78, 5) is 45.7. The van der Waals surface area contributed by atoms with Gasteiger partial charge in [0, 0.05) is 12.8 Å². The molecule has 302 valence electrons. The molecule has 0 saturated carbocycles. The fraction of sp³-hybridized carbons (Fsp3) is 0.923. The summed E-state index contributed by atoms with van der Waals surface area (Å²) < 4.78 is 32.6. The van der Waals surface area contributed by atoms with Gasteiger partial charge in [0.25, 0.3) is 0 Å². The highest BCUT2D eigenvalue weighted by atomic mass is 31.2. The molecule has 0 bridgehead atoms. The third kappa shape index (κ3) is 35.3. The molecule has 1 unspecified atom stereocenters. The fourth-order valence-corrected chi connectivity index (χ4v) is 6.61. The molecule has 11 nitrogen and oxygen atoms in total. The highest BCUT2D eigenvalue weighted by molar-refractivity contribution is 7.47. The summed E-state index contributed by atoms with van der Waals surface area (Å²) in [5.74, 6) is -2.36. The van der Waals surface area contributed by atoms with Gasteiger partial charge in [0.1, 0.15) is 12.6 Å². The van der Waals surface area contributed by atoms with Gasteiger partial charge in [-0.15, -0.1) is 0 Å². The number of ether oxygens (including phenoxy) is 2. The fourth-order valence-electron chi connectivity index (χ4n) is 5.83. The number of carbonyl (C=O) groups is 3. The zero-order valence-electron chi connectivity index (χ0n) is 32.5. The summed E-state index contributed by atoms with van der Waals surface area (Å²) in [5.41, 5.74) is 5.32. The van der Waals surface area contributed by atoms with Crippen LogP contribution in [0.3, 0.4) is 0 Å². The van der Waals surface area contributed by atoms with Crippen LogP contribution in [0.2, 0.25) is 0 Å². The number of phosphoric ester groups is 1. The molecule has 0 aromatic carbocycles. The molecule has 0 spiro atoms. The number of carboxylic acid groups (broad SMARTS) is 1. The van der Waals surface area contributed by atoms with Crippen LogP contribution in [0.1, 0.15) is 200 Å². The second kappa shape index (κ2) is 35.5. The van der Waals surface area contributed by atoms with Crippen molar-refractivity contribution in [1.29, 1.82) is 0 Å². The van der Waals surface area contributed by atoms with E-state index in [1.807, 2.05) is 0 Å². The van der Waals surface area contributed by atoms with Crippen LogP contribution in [-0.4, -0.2) is 59.9 Å². The van der Waals surface area contributed by atoms with Gasteiger partial charge in [-0.3, -0.25) is 23.4 Å². The minimum atomic E-state index is -4.70. The molecular weight excluding hydrogens is 673 g/mol. The standard InChI is InChI=1S/C39H76NO10P/c1-3-5-7-9-11-13-15-16-17-18-19-20-21-23-24-26-28-30-37(41)47-32-35(33-48-51(45,46)49-34-36(40)39(43)44)50-38(42)31-29-27-25-22-14-12-10-8-6-4-2/h35-36H,3-34,40H2,1-2H3,(H,43,44)(H,45,46)/t35-,36+/m0/s1. The van der Waals surface area contributed by atoms with Crippen molar-refractivity contribution >= 4 is 25.7 Å². The van der Waals surface area contributed by atoms with Crippen molar-refractivity contribution in [3.8, 4) is 0 Å². The first kappa shape index (κ1) is 49.5. The Morgan fingerprint density at radius 3 is 1.24 bits per heavy atom. The summed E-state index contributed by atoms with van der Waals surface area (Å²) in [6.45, 7) is 2.80. The van der Waals surface area contributed by atoms with Crippen LogP contribution in [-0.2, 0) is 37.5 Å². The molecular formula is C39H76NO10P. The summed E-state index contributed by atoms with van der Waals surface area (Å²) >= 11 is 0. The van der Waals surface area contributed by atoms with E-state index in [4.69, 9.17) is 24.8 Å². The number of carboxylic acids is 1. The van der Waals surface area contributed by atoms with Crippen LogP contribution >= 0.6 is 7.82 Å². The summed E-state index contributed by atoms with van der Waals surface area (Å²) in [7, 11) is -4.70. The maximum absolute atomic E-state index is 12.5. The predicted octanol–water partition coefficient (Wildman–Crippen LogP) is 10.3. The van der Waals surface area contributed by atoms with Crippen LogP contribution in [0.25, 0.3) is 0 Å². The van der Waals surface area contributed by atoms with Crippen LogP contribution in [0.5, 0.6) is 0 Å². The monoisotopic (exact) mass is 750 g/mol. The van der Waals surface area contributed by atoms with Gasteiger partial charge in [-0.2, -0.15) is 0 Å². The molecule has 0 fully saturated rings. The lowest BCUT2D eigenvalue weighted by atomic mass is 10.0. The molecule has 0 rings (SSSR count). The number of hydrogen-bond donors (Lipinski definition) is 3. The van der Waals surface area contributed by atoms with Gasteiger partial charge < -0.3 is 25.2 Å². The number of unbranched alkanes of at least 4 members (excludes halogenated alkanes) is 25. The van der Waals surface area contributed by atoms with E-state index in [2.05, 4.69) is 18.4 Å². The van der Waals surface area contributed by atoms with E-state index in [1.54, 1.807) is 0 Å². The number of aliphatic carboxylic acids is 1. The molecule has 0 radical (unpaired) electrons. The van der Waals surface area contributed by atoms with E-state index >= 15 is 0 Å². The zero-order valence-corrected chi connectivity index (χ0v) is 33.4. The van der Waals surface area contributed by atoms with Crippen molar-refractivity contribution in [2.24, 2.45) is 5.73 Å². The van der Waals surface area contributed by atoms with Crippen molar-refractivity contribution in [1.82, 2.24) is 0 Å². The lowest BCUT2D eigenvalue weighted by molar-refractivity contribution is -0.161. The number of carbonyl (C=O) groups excluding carboxylic acids is 2. The second-order valence-corrected chi connectivity index (χ2v) is 15.6. The average molecular weight is 750 g/mol. The minimum Gasteiger partial charge on any atom is -0.480 e. The topological polar surface area (TPSA) is 172 Å². The highest BCUT2D eigenvalue weighted by Crippen LogP contribution is 2.43. The van der Waals surface area contributed by atoms with Crippen molar-refractivity contribution in [2.75, 3.05) is 19.8 Å². The molecule has 0 amide bonds. The summed E-state index contributed by atoms with van der Waals surface area (Å²) in [6.07, 6.45) is 31.7. The summed E-state index contributed by atoms with van der Waals surface area (Å²) in [5, 5.41) is 8.86. The third-order valence-electron chi connectivity index (χ3n) is 9.11. The average Bonchev–Trinajstić information content (AvgIpc) is 3.10. The summed E-state index contributed by atoms with van der Waals surface area (Å²) in [6, 6.07) is -1.51. The number of hydrogen-bond acceptors (Lipinski definition) is 9. The van der Waals surface area contributed by atoms with Crippen molar-refractivity contribution in [2.45, 2.75) is 212 Å². The van der Waals surface area contributed by atoms with Gasteiger partial charge >= 0.3 is 25.7 Å². The SMILES string of the molecule is CCCCCCCCCCCCCCCCCCCC(=O)OC[C@@H](COP(=O)(O)OC[C@@H](N)C(=O)O)OC(=O)CCCCCCCCCCCC. The molecule has 0 aliphatic rings. The molecule has 0 aromatic heterocycles. The molecule has 0 heterocycles. The van der Waals surface area contributed by atoms with Gasteiger partial charge in [-0.05, 0) is 12.8 Å². The van der Waals surface area contributed by atoms with Crippen LogP contribution in [0.4, 0.5) is 0 Å². The maximum atomic E-state index is 12.5. The first-order chi connectivity index (χ1) is 24.6. The van der Waals surface area contributed by atoms with Gasteiger partial charge in [-0.1, -0.05) is 174 Å². The Labute approximate surface area is 310 Å². The number of esters is 2. The largest absolute Gasteiger partial charge is 0.480 e. The third-order valence-corrected chi connectivity index (χ3v) is 10.1. The van der Waals surface area contributed by atoms with E-state index in [-0.39, 0.29) is 19.4 Å². The molecule has 51 heavy (non-hydrogen) atoms. The number of nitrogens with two attached hydrogens (primary N) is 1. The van der Waals surface area contributed by atoms with Crippen molar-refractivity contribution in [3.05, 3.63) is 0 Å².